The highest BCUT2D eigenvalue weighted by Crippen LogP contribution is 2.38. The van der Waals surface area contributed by atoms with Crippen LogP contribution in [0, 0.1) is 6.92 Å². The number of amides is 2. The van der Waals surface area contributed by atoms with Crippen molar-refractivity contribution in [2.24, 2.45) is 0 Å². The number of rotatable bonds is 8. The van der Waals surface area contributed by atoms with E-state index in [1.807, 2.05) is 24.4 Å². The van der Waals surface area contributed by atoms with Crippen LogP contribution >= 0.6 is 11.3 Å². The summed E-state index contributed by atoms with van der Waals surface area (Å²) in [6.45, 7) is 1.76. The Balaban J connectivity index is 1.60. The SMILES string of the molecule is COc1cc(C(=O)NCC(=O)Nc2ccc(-c3csc(C)n3)cc2)cc(OC)c1OC. The van der Waals surface area contributed by atoms with E-state index in [2.05, 4.69) is 15.6 Å². The molecule has 3 aromatic rings. The first-order valence-corrected chi connectivity index (χ1v) is 10.2. The summed E-state index contributed by atoms with van der Waals surface area (Å²) in [6, 6.07) is 10.4. The molecule has 31 heavy (non-hydrogen) atoms. The maximum Gasteiger partial charge on any atom is 0.251 e. The number of carbonyl (C=O) groups excluding carboxylic acids is 2. The summed E-state index contributed by atoms with van der Waals surface area (Å²) in [7, 11) is 4.41. The fourth-order valence-electron chi connectivity index (χ4n) is 2.90. The number of ether oxygens (including phenoxy) is 3. The van der Waals surface area contributed by atoms with Crippen LogP contribution in [0.4, 0.5) is 5.69 Å². The molecule has 162 valence electrons. The highest BCUT2D eigenvalue weighted by molar-refractivity contribution is 7.09. The van der Waals surface area contributed by atoms with Crippen LogP contribution in [0.2, 0.25) is 0 Å². The number of aromatic nitrogens is 1. The van der Waals surface area contributed by atoms with Gasteiger partial charge in [-0.2, -0.15) is 0 Å². The Hall–Kier alpha value is -3.59. The normalized spacial score (nSPS) is 10.3. The van der Waals surface area contributed by atoms with E-state index >= 15 is 0 Å². The van der Waals surface area contributed by atoms with Gasteiger partial charge in [-0.05, 0) is 31.2 Å². The number of carbonyl (C=O) groups is 2. The van der Waals surface area contributed by atoms with Gasteiger partial charge in [0.15, 0.2) is 11.5 Å². The summed E-state index contributed by atoms with van der Waals surface area (Å²) < 4.78 is 15.7. The number of thiazole rings is 1. The topological polar surface area (TPSA) is 98.8 Å². The second-order valence-corrected chi connectivity index (χ2v) is 7.54. The van der Waals surface area contributed by atoms with Gasteiger partial charge in [0, 0.05) is 22.2 Å². The summed E-state index contributed by atoms with van der Waals surface area (Å²) in [4.78, 5) is 29.2. The molecule has 0 aliphatic carbocycles. The lowest BCUT2D eigenvalue weighted by atomic mass is 10.1. The fraction of sp³-hybridized carbons (Fsp3) is 0.227. The smallest absolute Gasteiger partial charge is 0.251 e. The Morgan fingerprint density at radius 2 is 1.65 bits per heavy atom. The first-order valence-electron chi connectivity index (χ1n) is 9.35. The molecule has 2 aromatic carbocycles. The first kappa shape index (κ1) is 22.1. The summed E-state index contributed by atoms with van der Waals surface area (Å²) in [6.07, 6.45) is 0. The average Bonchev–Trinajstić information content (AvgIpc) is 3.23. The number of aryl methyl sites for hydroxylation is 1. The summed E-state index contributed by atoms with van der Waals surface area (Å²) >= 11 is 1.58. The molecule has 9 heteroatoms. The number of nitrogens with one attached hydrogen (secondary N) is 2. The number of benzene rings is 2. The van der Waals surface area contributed by atoms with Crippen LogP contribution in [-0.2, 0) is 4.79 Å². The molecule has 0 aliphatic rings. The van der Waals surface area contributed by atoms with Crippen molar-refractivity contribution in [2.45, 2.75) is 6.92 Å². The minimum absolute atomic E-state index is 0.192. The number of methoxy groups -OCH3 is 3. The number of nitrogens with zero attached hydrogens (tertiary/aromatic N) is 1. The lowest BCUT2D eigenvalue weighted by Gasteiger charge is -2.14. The summed E-state index contributed by atoms with van der Waals surface area (Å²) in [5.74, 6) is 0.302. The lowest BCUT2D eigenvalue weighted by Crippen LogP contribution is -2.32. The van der Waals surface area contributed by atoms with Crippen LogP contribution in [0.3, 0.4) is 0 Å². The van der Waals surface area contributed by atoms with E-state index < -0.39 is 5.91 Å². The van der Waals surface area contributed by atoms with E-state index in [0.29, 0.717) is 22.9 Å². The Kier molecular flexibility index (Phi) is 7.09. The molecule has 0 atom stereocenters. The van der Waals surface area contributed by atoms with Crippen LogP contribution in [0.25, 0.3) is 11.3 Å². The number of hydrogen-bond acceptors (Lipinski definition) is 7. The number of anilines is 1. The molecule has 3 rings (SSSR count). The molecule has 0 unspecified atom stereocenters. The largest absolute Gasteiger partial charge is 0.493 e. The van der Waals surface area contributed by atoms with Crippen LogP contribution in [0.15, 0.2) is 41.8 Å². The standard InChI is InChI=1S/C22H23N3O5S/c1-13-24-17(12-31-13)14-5-7-16(8-6-14)25-20(26)11-23-22(27)15-9-18(28-2)21(30-4)19(10-15)29-3/h5-10,12H,11H2,1-4H3,(H,23,27)(H,25,26). The molecule has 0 radical (unpaired) electrons. The van der Waals surface area contributed by atoms with Crippen molar-refractivity contribution in [3.05, 3.63) is 52.3 Å². The molecule has 0 aliphatic heterocycles. The Morgan fingerprint density at radius 1 is 1.00 bits per heavy atom. The predicted octanol–water partition coefficient (Wildman–Crippen LogP) is 3.51. The predicted molar refractivity (Wildman–Crippen MR) is 119 cm³/mol. The van der Waals surface area contributed by atoms with Gasteiger partial charge >= 0.3 is 0 Å². The molecule has 2 N–H and O–H groups in total. The Labute approximate surface area is 184 Å². The van der Waals surface area contributed by atoms with Gasteiger partial charge in [-0.1, -0.05) is 12.1 Å². The van der Waals surface area contributed by atoms with Gasteiger partial charge in [0.25, 0.3) is 5.91 Å². The van der Waals surface area contributed by atoms with Crippen molar-refractivity contribution < 1.29 is 23.8 Å². The van der Waals surface area contributed by atoms with Gasteiger partial charge in [-0.3, -0.25) is 9.59 Å². The van der Waals surface area contributed by atoms with E-state index in [0.717, 1.165) is 16.3 Å². The lowest BCUT2D eigenvalue weighted by molar-refractivity contribution is -0.115. The van der Waals surface area contributed by atoms with Gasteiger partial charge < -0.3 is 24.8 Å². The molecule has 0 saturated carbocycles. The zero-order valence-electron chi connectivity index (χ0n) is 17.6. The van der Waals surface area contributed by atoms with E-state index in [1.165, 1.54) is 33.5 Å². The third-order valence-corrected chi connectivity index (χ3v) is 5.19. The number of hydrogen-bond donors (Lipinski definition) is 2. The van der Waals surface area contributed by atoms with Gasteiger partial charge in [0.2, 0.25) is 11.7 Å². The van der Waals surface area contributed by atoms with Gasteiger partial charge in [-0.25, -0.2) is 4.98 Å². The Bertz CT molecular complexity index is 1050. The van der Waals surface area contributed by atoms with Crippen molar-refractivity contribution in [3.63, 3.8) is 0 Å². The molecule has 0 fully saturated rings. The highest BCUT2D eigenvalue weighted by Gasteiger charge is 2.17. The first-order chi connectivity index (χ1) is 14.9. The third-order valence-electron chi connectivity index (χ3n) is 4.42. The van der Waals surface area contributed by atoms with E-state index in [-0.39, 0.29) is 18.0 Å². The van der Waals surface area contributed by atoms with E-state index in [1.54, 1.807) is 23.5 Å². The van der Waals surface area contributed by atoms with E-state index in [4.69, 9.17) is 14.2 Å². The van der Waals surface area contributed by atoms with Crippen LogP contribution < -0.4 is 24.8 Å². The minimum atomic E-state index is -0.441. The third kappa shape index (κ3) is 5.32. The van der Waals surface area contributed by atoms with Crippen molar-refractivity contribution in [3.8, 4) is 28.5 Å². The molecule has 0 saturated heterocycles. The van der Waals surface area contributed by atoms with Gasteiger partial charge in [0.05, 0.1) is 38.6 Å². The van der Waals surface area contributed by atoms with Crippen LogP contribution in [0.5, 0.6) is 17.2 Å². The molecule has 0 bridgehead atoms. The van der Waals surface area contributed by atoms with Gasteiger partial charge in [-0.15, -0.1) is 11.3 Å². The molecule has 1 heterocycles. The zero-order valence-corrected chi connectivity index (χ0v) is 18.5. The molecular weight excluding hydrogens is 418 g/mol. The monoisotopic (exact) mass is 441 g/mol. The van der Waals surface area contributed by atoms with Crippen molar-refractivity contribution in [1.29, 1.82) is 0 Å². The molecule has 8 nitrogen and oxygen atoms in total. The summed E-state index contributed by atoms with van der Waals surface area (Å²) in [5, 5.41) is 8.33. The zero-order chi connectivity index (χ0) is 22.4. The van der Waals surface area contributed by atoms with Crippen molar-refractivity contribution >= 4 is 28.8 Å². The van der Waals surface area contributed by atoms with E-state index in [9.17, 15) is 9.59 Å². The molecule has 0 spiro atoms. The minimum Gasteiger partial charge on any atom is -0.493 e. The quantitative estimate of drug-likeness (QED) is 0.555. The highest BCUT2D eigenvalue weighted by atomic mass is 32.1. The van der Waals surface area contributed by atoms with Crippen LogP contribution in [-0.4, -0.2) is 44.7 Å². The van der Waals surface area contributed by atoms with Crippen molar-refractivity contribution in [1.82, 2.24) is 10.3 Å². The second-order valence-electron chi connectivity index (χ2n) is 6.47. The second kappa shape index (κ2) is 9.94. The molecule has 2 amide bonds. The fourth-order valence-corrected chi connectivity index (χ4v) is 3.52. The van der Waals surface area contributed by atoms with Crippen LogP contribution in [0.1, 0.15) is 15.4 Å². The van der Waals surface area contributed by atoms with Gasteiger partial charge in [0.1, 0.15) is 0 Å². The molecule has 1 aromatic heterocycles. The maximum absolute atomic E-state index is 12.5. The molecular formula is C22H23N3O5S. The van der Waals surface area contributed by atoms with Crippen molar-refractivity contribution in [2.75, 3.05) is 33.2 Å². The Morgan fingerprint density at radius 3 is 2.16 bits per heavy atom. The average molecular weight is 442 g/mol. The summed E-state index contributed by atoms with van der Waals surface area (Å²) in [5.41, 5.74) is 2.78. The maximum atomic E-state index is 12.5.